The third-order valence-electron chi connectivity index (χ3n) is 5.25. The number of ether oxygens (including phenoxy) is 1. The third-order valence-corrected chi connectivity index (χ3v) is 5.98. The maximum absolute atomic E-state index is 14.7. The van der Waals surface area contributed by atoms with Crippen LogP contribution in [0.5, 0.6) is 5.75 Å². The Morgan fingerprint density at radius 1 is 1.20 bits per heavy atom. The molecular weight excluding hydrogens is 399 g/mol. The molecule has 5 rings (SSSR count). The first-order valence-corrected chi connectivity index (χ1v) is 10.7. The van der Waals surface area contributed by atoms with Crippen molar-refractivity contribution in [2.45, 2.75) is 18.9 Å². The van der Waals surface area contributed by atoms with E-state index in [4.69, 9.17) is 4.74 Å². The fraction of sp³-hybridized carbons (Fsp3) is 0.167. The quantitative estimate of drug-likeness (QED) is 0.508. The molecule has 1 aliphatic heterocycles. The molecule has 1 atom stereocenters. The monoisotopic (exact) mass is 418 g/mol. The molecule has 150 valence electrons. The lowest BCUT2D eigenvalue weighted by Gasteiger charge is -2.12. The van der Waals surface area contributed by atoms with E-state index in [0.29, 0.717) is 19.4 Å². The van der Waals surface area contributed by atoms with Crippen LogP contribution in [0.15, 0.2) is 65.5 Å². The van der Waals surface area contributed by atoms with Crippen LogP contribution in [-0.2, 0) is 17.6 Å². The normalized spacial score (nSPS) is 15.0. The van der Waals surface area contributed by atoms with Crippen LogP contribution >= 0.6 is 11.3 Å². The van der Waals surface area contributed by atoms with Gasteiger partial charge >= 0.3 is 0 Å². The SMILES string of the molecule is O=C(Cc1ccsc1)NCC1Cc2cc(-c3cnc4ccccc4c3)cc(F)c2O1. The van der Waals surface area contributed by atoms with Gasteiger partial charge in [0.1, 0.15) is 6.10 Å². The predicted octanol–water partition coefficient (Wildman–Crippen LogP) is 4.76. The molecule has 2 aromatic carbocycles. The van der Waals surface area contributed by atoms with E-state index in [2.05, 4.69) is 10.3 Å². The molecule has 0 saturated carbocycles. The Balaban J connectivity index is 1.30. The lowest BCUT2D eigenvalue weighted by Crippen LogP contribution is -2.35. The molecule has 2 aromatic heterocycles. The van der Waals surface area contributed by atoms with Crippen molar-refractivity contribution in [2.24, 2.45) is 0 Å². The molecule has 0 aliphatic carbocycles. The predicted molar refractivity (Wildman–Crippen MR) is 116 cm³/mol. The number of amides is 1. The average Bonchev–Trinajstić information content (AvgIpc) is 3.41. The summed E-state index contributed by atoms with van der Waals surface area (Å²) in [6.07, 6.45) is 2.39. The summed E-state index contributed by atoms with van der Waals surface area (Å²) in [5.74, 6) is -0.163. The van der Waals surface area contributed by atoms with E-state index >= 15 is 0 Å². The molecule has 1 amide bonds. The highest BCUT2D eigenvalue weighted by Crippen LogP contribution is 2.36. The average molecular weight is 418 g/mol. The fourth-order valence-electron chi connectivity index (χ4n) is 3.77. The summed E-state index contributed by atoms with van der Waals surface area (Å²) >= 11 is 1.57. The van der Waals surface area contributed by atoms with Crippen LogP contribution in [0.4, 0.5) is 4.39 Å². The van der Waals surface area contributed by atoms with Gasteiger partial charge in [0.15, 0.2) is 11.6 Å². The van der Waals surface area contributed by atoms with Crippen molar-refractivity contribution < 1.29 is 13.9 Å². The highest BCUT2D eigenvalue weighted by molar-refractivity contribution is 7.08. The van der Waals surface area contributed by atoms with Crippen molar-refractivity contribution in [3.63, 3.8) is 0 Å². The van der Waals surface area contributed by atoms with Crippen LogP contribution in [0, 0.1) is 5.82 Å². The first-order chi connectivity index (χ1) is 14.7. The zero-order chi connectivity index (χ0) is 20.5. The summed E-state index contributed by atoms with van der Waals surface area (Å²) in [6, 6.07) is 15.2. The van der Waals surface area contributed by atoms with Crippen molar-refractivity contribution in [3.8, 4) is 16.9 Å². The van der Waals surface area contributed by atoms with Gasteiger partial charge in [-0.2, -0.15) is 11.3 Å². The number of aromatic nitrogens is 1. The van der Waals surface area contributed by atoms with Gasteiger partial charge in [0, 0.05) is 29.1 Å². The zero-order valence-electron chi connectivity index (χ0n) is 16.1. The Kier molecular flexibility index (Phi) is 4.93. The number of para-hydroxylation sites is 1. The van der Waals surface area contributed by atoms with E-state index in [9.17, 15) is 9.18 Å². The molecule has 0 fully saturated rings. The van der Waals surface area contributed by atoms with Gasteiger partial charge < -0.3 is 10.1 Å². The molecule has 0 spiro atoms. The molecule has 1 aliphatic rings. The van der Waals surface area contributed by atoms with Crippen LogP contribution in [0.2, 0.25) is 0 Å². The second-order valence-corrected chi connectivity index (χ2v) is 8.20. The van der Waals surface area contributed by atoms with Crippen molar-refractivity contribution in [1.82, 2.24) is 10.3 Å². The van der Waals surface area contributed by atoms with Crippen LogP contribution < -0.4 is 10.1 Å². The highest BCUT2D eigenvalue weighted by Gasteiger charge is 2.27. The molecule has 4 nitrogen and oxygen atoms in total. The number of pyridine rings is 1. The number of nitrogens with one attached hydrogen (secondary N) is 1. The number of carbonyl (C=O) groups is 1. The van der Waals surface area contributed by atoms with Gasteiger partial charge in [-0.15, -0.1) is 0 Å². The lowest BCUT2D eigenvalue weighted by molar-refractivity contribution is -0.120. The van der Waals surface area contributed by atoms with Crippen LogP contribution in [0.25, 0.3) is 22.0 Å². The number of hydrogen-bond donors (Lipinski definition) is 1. The molecule has 1 N–H and O–H groups in total. The van der Waals surface area contributed by atoms with Gasteiger partial charge in [0.25, 0.3) is 0 Å². The number of benzene rings is 2. The van der Waals surface area contributed by atoms with Gasteiger partial charge in [-0.25, -0.2) is 4.39 Å². The Bertz CT molecular complexity index is 1220. The number of rotatable bonds is 5. The van der Waals surface area contributed by atoms with Gasteiger partial charge in [-0.05, 0) is 52.2 Å². The van der Waals surface area contributed by atoms with Crippen LogP contribution in [0.3, 0.4) is 0 Å². The van der Waals surface area contributed by atoms with E-state index < -0.39 is 0 Å². The molecule has 0 saturated heterocycles. The van der Waals surface area contributed by atoms with E-state index in [1.807, 2.05) is 53.2 Å². The third kappa shape index (κ3) is 3.78. The smallest absolute Gasteiger partial charge is 0.224 e. The Labute approximate surface area is 177 Å². The first kappa shape index (κ1) is 18.8. The van der Waals surface area contributed by atoms with Gasteiger partial charge in [0.05, 0.1) is 18.5 Å². The highest BCUT2D eigenvalue weighted by atomic mass is 32.1. The Morgan fingerprint density at radius 2 is 2.10 bits per heavy atom. The minimum atomic E-state index is -0.386. The molecule has 30 heavy (non-hydrogen) atoms. The minimum absolute atomic E-state index is 0.0589. The molecule has 0 radical (unpaired) electrons. The Morgan fingerprint density at radius 3 is 2.97 bits per heavy atom. The van der Waals surface area contributed by atoms with E-state index in [1.54, 1.807) is 17.5 Å². The minimum Gasteiger partial charge on any atom is -0.485 e. The van der Waals surface area contributed by atoms with Gasteiger partial charge in [0.2, 0.25) is 5.91 Å². The van der Waals surface area contributed by atoms with E-state index in [-0.39, 0.29) is 23.6 Å². The zero-order valence-corrected chi connectivity index (χ0v) is 16.9. The summed E-state index contributed by atoms with van der Waals surface area (Å²) in [7, 11) is 0. The number of nitrogens with zero attached hydrogens (tertiary/aromatic N) is 1. The van der Waals surface area contributed by atoms with Crippen molar-refractivity contribution in [1.29, 1.82) is 0 Å². The summed E-state index contributed by atoms with van der Waals surface area (Å²) < 4.78 is 20.5. The molecule has 1 unspecified atom stereocenters. The van der Waals surface area contributed by atoms with Gasteiger partial charge in [-0.3, -0.25) is 9.78 Å². The summed E-state index contributed by atoms with van der Waals surface area (Å²) in [5, 5.41) is 7.81. The maximum Gasteiger partial charge on any atom is 0.224 e. The number of thiophene rings is 1. The maximum atomic E-state index is 14.7. The van der Waals surface area contributed by atoms with E-state index in [1.165, 1.54) is 6.07 Å². The largest absolute Gasteiger partial charge is 0.485 e. The van der Waals surface area contributed by atoms with Crippen molar-refractivity contribution in [3.05, 3.63) is 82.4 Å². The number of halogens is 1. The second kappa shape index (κ2) is 7.88. The number of carbonyl (C=O) groups excluding carboxylic acids is 1. The fourth-order valence-corrected chi connectivity index (χ4v) is 4.43. The van der Waals surface area contributed by atoms with Gasteiger partial charge in [-0.1, -0.05) is 18.2 Å². The molecular formula is C24H19FN2O2S. The number of hydrogen-bond acceptors (Lipinski definition) is 4. The topological polar surface area (TPSA) is 51.2 Å². The van der Waals surface area contributed by atoms with Crippen LogP contribution in [0.1, 0.15) is 11.1 Å². The second-order valence-electron chi connectivity index (χ2n) is 7.42. The number of fused-ring (bicyclic) bond motifs is 2. The Hall–Kier alpha value is -3.25. The van der Waals surface area contributed by atoms with E-state index in [0.717, 1.165) is 33.2 Å². The first-order valence-electron chi connectivity index (χ1n) is 9.78. The molecule has 0 bridgehead atoms. The lowest BCUT2D eigenvalue weighted by atomic mass is 10.0. The standard InChI is InChI=1S/C24H19FN2O2S/c25-21-11-17(19-8-16-3-1-2-4-22(16)26-12-19)9-18-10-20(29-24(18)21)13-27-23(28)7-15-5-6-30-14-15/h1-6,8-9,11-12,14,20H,7,10,13H2,(H,27,28). The van der Waals surface area contributed by atoms with Crippen LogP contribution in [-0.4, -0.2) is 23.5 Å². The molecule has 4 aromatic rings. The van der Waals surface area contributed by atoms with Crippen molar-refractivity contribution >= 4 is 28.1 Å². The molecule has 3 heterocycles. The summed E-state index contributed by atoms with van der Waals surface area (Å²) in [6.45, 7) is 0.351. The van der Waals surface area contributed by atoms with Crippen molar-refractivity contribution in [2.75, 3.05) is 6.54 Å². The summed E-state index contributed by atoms with van der Waals surface area (Å²) in [5.41, 5.74) is 4.35. The summed E-state index contributed by atoms with van der Waals surface area (Å²) in [4.78, 5) is 16.6. The molecule has 6 heteroatoms.